The zero-order valence-electron chi connectivity index (χ0n) is 9.18. The summed E-state index contributed by atoms with van der Waals surface area (Å²) < 4.78 is 0. The van der Waals surface area contributed by atoms with Crippen LogP contribution in [0, 0.1) is 0 Å². The Morgan fingerprint density at radius 1 is 1.24 bits per heavy atom. The van der Waals surface area contributed by atoms with E-state index in [1.807, 2.05) is 30.3 Å². The van der Waals surface area contributed by atoms with Crippen LogP contribution in [-0.4, -0.2) is 28.4 Å². The number of nitrogens with one attached hydrogen (secondary N) is 1. The first-order chi connectivity index (χ1) is 8.16. The highest BCUT2D eigenvalue weighted by Gasteiger charge is 2.27. The Hall–Kier alpha value is -1.75. The van der Waals surface area contributed by atoms with E-state index >= 15 is 0 Å². The Kier molecular flexibility index (Phi) is 3.49. The third-order valence-electron chi connectivity index (χ3n) is 2.57. The summed E-state index contributed by atoms with van der Waals surface area (Å²) in [5.41, 5.74) is 1.14. The Balaban J connectivity index is 1.97. The summed E-state index contributed by atoms with van der Waals surface area (Å²) in [5.74, 6) is -0.550. The molecular formula is C12H12N2O2S. The molecule has 0 bridgehead atoms. The van der Waals surface area contributed by atoms with Gasteiger partial charge in [-0.3, -0.25) is 14.5 Å². The van der Waals surface area contributed by atoms with Gasteiger partial charge in [0.2, 0.25) is 11.8 Å². The lowest BCUT2D eigenvalue weighted by Crippen LogP contribution is -2.53. The molecule has 5 heteroatoms. The minimum Gasteiger partial charge on any atom is -0.302 e. The van der Waals surface area contributed by atoms with E-state index in [0.29, 0.717) is 6.54 Å². The highest BCUT2D eigenvalue weighted by atomic mass is 32.1. The molecule has 2 rings (SSSR count). The molecule has 1 aromatic rings. The molecule has 0 saturated carbocycles. The Morgan fingerprint density at radius 2 is 1.94 bits per heavy atom. The first kappa shape index (κ1) is 11.7. The van der Waals surface area contributed by atoms with Crippen molar-refractivity contribution in [2.24, 2.45) is 0 Å². The third-order valence-corrected chi connectivity index (χ3v) is 2.89. The maximum atomic E-state index is 11.6. The topological polar surface area (TPSA) is 49.4 Å². The molecule has 1 saturated heterocycles. The van der Waals surface area contributed by atoms with Crippen molar-refractivity contribution >= 4 is 29.1 Å². The summed E-state index contributed by atoms with van der Waals surface area (Å²) in [5, 5.41) is 2.70. The van der Waals surface area contributed by atoms with E-state index in [1.165, 1.54) is 4.90 Å². The molecule has 1 heterocycles. The summed E-state index contributed by atoms with van der Waals surface area (Å²) in [6.07, 6.45) is 0.609. The fraction of sp³-hybridized carbons (Fsp3) is 0.250. The van der Waals surface area contributed by atoms with E-state index in [9.17, 15) is 9.59 Å². The quantitative estimate of drug-likeness (QED) is 0.637. The van der Waals surface area contributed by atoms with Crippen LogP contribution < -0.4 is 5.32 Å². The van der Waals surface area contributed by atoms with Crippen molar-refractivity contribution in [3.8, 4) is 0 Å². The molecule has 0 unspecified atom stereocenters. The van der Waals surface area contributed by atoms with Gasteiger partial charge in [0.25, 0.3) is 0 Å². The van der Waals surface area contributed by atoms with Gasteiger partial charge in [-0.05, 0) is 24.2 Å². The molecule has 88 valence electrons. The van der Waals surface area contributed by atoms with E-state index in [0.717, 1.165) is 12.0 Å². The summed E-state index contributed by atoms with van der Waals surface area (Å²) in [6, 6.07) is 9.84. The molecule has 0 radical (unpaired) electrons. The standard InChI is InChI=1S/C12H12N2O2S/c15-10-8-11(16)14(12(17)13-10)7-6-9-4-2-1-3-5-9/h1-5H,6-8H2,(H,13,15,17). The van der Waals surface area contributed by atoms with Crippen LogP contribution in [0.25, 0.3) is 0 Å². The monoisotopic (exact) mass is 248 g/mol. The number of rotatable bonds is 3. The van der Waals surface area contributed by atoms with Gasteiger partial charge in [-0.25, -0.2) is 0 Å². The van der Waals surface area contributed by atoms with Gasteiger partial charge >= 0.3 is 0 Å². The first-order valence-corrected chi connectivity index (χ1v) is 5.76. The van der Waals surface area contributed by atoms with Crippen LogP contribution in [0.3, 0.4) is 0 Å². The lowest BCUT2D eigenvalue weighted by atomic mass is 10.1. The van der Waals surface area contributed by atoms with Gasteiger partial charge in [-0.1, -0.05) is 30.3 Å². The summed E-state index contributed by atoms with van der Waals surface area (Å²) in [4.78, 5) is 24.1. The highest BCUT2D eigenvalue weighted by molar-refractivity contribution is 7.80. The number of hydrogen-bond acceptors (Lipinski definition) is 3. The van der Waals surface area contributed by atoms with E-state index < -0.39 is 0 Å². The van der Waals surface area contributed by atoms with Gasteiger partial charge < -0.3 is 5.32 Å². The van der Waals surface area contributed by atoms with E-state index in [2.05, 4.69) is 5.32 Å². The lowest BCUT2D eigenvalue weighted by molar-refractivity contribution is -0.134. The minimum absolute atomic E-state index is 0.116. The Morgan fingerprint density at radius 3 is 2.59 bits per heavy atom. The molecule has 1 N–H and O–H groups in total. The number of carbonyl (C=O) groups excluding carboxylic acids is 2. The zero-order chi connectivity index (χ0) is 12.3. The van der Waals surface area contributed by atoms with Crippen LogP contribution in [0.1, 0.15) is 12.0 Å². The zero-order valence-corrected chi connectivity index (χ0v) is 10.00. The van der Waals surface area contributed by atoms with Gasteiger partial charge in [0.1, 0.15) is 6.42 Å². The molecule has 0 aromatic heterocycles. The third kappa shape index (κ3) is 2.88. The molecule has 0 atom stereocenters. The average molecular weight is 248 g/mol. The lowest BCUT2D eigenvalue weighted by Gasteiger charge is -2.27. The molecule has 0 spiro atoms. The van der Waals surface area contributed by atoms with Crippen molar-refractivity contribution in [3.05, 3.63) is 35.9 Å². The van der Waals surface area contributed by atoms with Crippen molar-refractivity contribution < 1.29 is 9.59 Å². The molecule has 2 amide bonds. The second-order valence-corrected chi connectivity index (χ2v) is 4.20. The fourth-order valence-electron chi connectivity index (χ4n) is 1.69. The number of thiocarbonyl (C=S) groups is 1. The van der Waals surface area contributed by atoms with E-state index in [-0.39, 0.29) is 23.3 Å². The molecule has 1 aliphatic heterocycles. The molecule has 17 heavy (non-hydrogen) atoms. The Labute approximate surface area is 105 Å². The average Bonchev–Trinajstić information content (AvgIpc) is 2.29. The number of nitrogens with zero attached hydrogens (tertiary/aromatic N) is 1. The van der Waals surface area contributed by atoms with Crippen molar-refractivity contribution in [1.82, 2.24) is 10.2 Å². The second kappa shape index (κ2) is 5.05. The summed E-state index contributed by atoms with van der Waals surface area (Å²) in [6.45, 7) is 0.502. The van der Waals surface area contributed by atoms with Crippen molar-refractivity contribution in [2.45, 2.75) is 12.8 Å². The van der Waals surface area contributed by atoms with Crippen LogP contribution in [0.5, 0.6) is 0 Å². The van der Waals surface area contributed by atoms with Crippen LogP contribution in [0.4, 0.5) is 0 Å². The molecule has 1 fully saturated rings. The summed E-state index contributed by atoms with van der Waals surface area (Å²) in [7, 11) is 0. The van der Waals surface area contributed by atoms with Gasteiger partial charge in [0.05, 0.1) is 0 Å². The van der Waals surface area contributed by atoms with Gasteiger partial charge in [0.15, 0.2) is 5.11 Å². The van der Waals surface area contributed by atoms with E-state index in [4.69, 9.17) is 12.2 Å². The molecule has 0 aliphatic carbocycles. The second-order valence-electron chi connectivity index (χ2n) is 3.81. The predicted molar refractivity (Wildman–Crippen MR) is 67.2 cm³/mol. The largest absolute Gasteiger partial charge is 0.302 e. The number of carbonyl (C=O) groups is 2. The van der Waals surface area contributed by atoms with Crippen molar-refractivity contribution in [2.75, 3.05) is 6.54 Å². The fourth-order valence-corrected chi connectivity index (χ4v) is 2.00. The van der Waals surface area contributed by atoms with Gasteiger partial charge in [-0.2, -0.15) is 0 Å². The van der Waals surface area contributed by atoms with Gasteiger partial charge in [-0.15, -0.1) is 0 Å². The minimum atomic E-state index is -0.323. The first-order valence-electron chi connectivity index (χ1n) is 5.35. The normalized spacial score (nSPS) is 16.0. The van der Waals surface area contributed by atoms with Crippen LogP contribution in [0.15, 0.2) is 30.3 Å². The predicted octanol–water partition coefficient (Wildman–Crippen LogP) is 0.863. The number of benzene rings is 1. The van der Waals surface area contributed by atoms with E-state index in [1.54, 1.807) is 0 Å². The highest BCUT2D eigenvalue weighted by Crippen LogP contribution is 2.06. The molecule has 1 aliphatic rings. The molecule has 1 aromatic carbocycles. The smallest absolute Gasteiger partial charge is 0.238 e. The SMILES string of the molecule is O=C1CC(=O)N(CCc2ccccc2)C(=S)N1. The van der Waals surface area contributed by atoms with Crippen LogP contribution >= 0.6 is 12.2 Å². The number of amides is 2. The molecule has 4 nitrogen and oxygen atoms in total. The maximum absolute atomic E-state index is 11.6. The van der Waals surface area contributed by atoms with Gasteiger partial charge in [0, 0.05) is 6.54 Å². The van der Waals surface area contributed by atoms with Crippen molar-refractivity contribution in [3.63, 3.8) is 0 Å². The summed E-state index contributed by atoms with van der Waals surface area (Å²) >= 11 is 4.97. The maximum Gasteiger partial charge on any atom is 0.238 e. The Bertz CT molecular complexity index is 439. The molecular weight excluding hydrogens is 236 g/mol. The van der Waals surface area contributed by atoms with Crippen LogP contribution in [0.2, 0.25) is 0 Å². The van der Waals surface area contributed by atoms with Crippen LogP contribution in [-0.2, 0) is 16.0 Å². The van der Waals surface area contributed by atoms with Crippen molar-refractivity contribution in [1.29, 1.82) is 0 Å². The number of hydrogen-bond donors (Lipinski definition) is 1.